The van der Waals surface area contributed by atoms with Crippen molar-refractivity contribution in [2.24, 2.45) is 0 Å². The zero-order valence-electron chi connectivity index (χ0n) is 16.3. The highest BCUT2D eigenvalue weighted by Crippen LogP contribution is 2.36. The Hall–Kier alpha value is -2.79. The summed E-state index contributed by atoms with van der Waals surface area (Å²) in [6.45, 7) is 4.78. The molecule has 0 aliphatic heterocycles. The van der Waals surface area contributed by atoms with E-state index in [-0.39, 0.29) is 18.1 Å². The lowest BCUT2D eigenvalue weighted by Crippen LogP contribution is -2.12. The van der Waals surface area contributed by atoms with Gasteiger partial charge in [0.2, 0.25) is 0 Å². The topological polar surface area (TPSA) is 54.7 Å². The van der Waals surface area contributed by atoms with Gasteiger partial charge in [0.1, 0.15) is 5.75 Å². The Kier molecular flexibility index (Phi) is 5.51. The quantitative estimate of drug-likeness (QED) is 0.674. The molecule has 0 amide bonds. The number of fused-ring (bicyclic) bond motifs is 1. The van der Waals surface area contributed by atoms with Crippen molar-refractivity contribution >= 4 is 16.9 Å². The van der Waals surface area contributed by atoms with Gasteiger partial charge < -0.3 is 19.3 Å². The van der Waals surface area contributed by atoms with Gasteiger partial charge in [0, 0.05) is 28.9 Å². The van der Waals surface area contributed by atoms with Crippen molar-refractivity contribution in [3.8, 4) is 11.4 Å². The minimum absolute atomic E-state index is 0.211. The SMILES string of the molecule is CCOC(=O)Cc1c(C)n(-c2ccccc2)c2c(CN(C)C)c(O)ccc12. The van der Waals surface area contributed by atoms with Crippen LogP contribution in [-0.4, -0.2) is 41.2 Å². The number of phenols is 1. The molecule has 3 rings (SSSR count). The van der Waals surface area contributed by atoms with Crippen LogP contribution in [0.4, 0.5) is 0 Å². The van der Waals surface area contributed by atoms with Gasteiger partial charge in [-0.05, 0) is 57.8 Å². The van der Waals surface area contributed by atoms with Crippen LogP contribution in [0.2, 0.25) is 0 Å². The molecule has 0 saturated carbocycles. The molecule has 1 heterocycles. The lowest BCUT2D eigenvalue weighted by Gasteiger charge is -2.16. The highest BCUT2D eigenvalue weighted by atomic mass is 16.5. The van der Waals surface area contributed by atoms with Gasteiger partial charge in [-0.1, -0.05) is 18.2 Å². The summed E-state index contributed by atoms with van der Waals surface area (Å²) in [5.74, 6) is 0.0171. The molecule has 1 N–H and O–H groups in total. The van der Waals surface area contributed by atoms with E-state index in [9.17, 15) is 9.90 Å². The summed E-state index contributed by atoms with van der Waals surface area (Å²) in [4.78, 5) is 14.2. The average molecular weight is 366 g/mol. The van der Waals surface area contributed by atoms with Gasteiger partial charge in [-0.15, -0.1) is 0 Å². The van der Waals surface area contributed by atoms with Gasteiger partial charge in [0.25, 0.3) is 0 Å². The molecule has 0 bridgehead atoms. The first kappa shape index (κ1) is 19.0. The van der Waals surface area contributed by atoms with Crippen LogP contribution < -0.4 is 0 Å². The number of nitrogens with zero attached hydrogens (tertiary/aromatic N) is 2. The molecule has 0 aliphatic carbocycles. The number of ether oxygens (including phenoxy) is 1. The van der Waals surface area contributed by atoms with Gasteiger partial charge in [-0.25, -0.2) is 0 Å². The van der Waals surface area contributed by atoms with Crippen LogP contribution in [-0.2, 0) is 22.5 Å². The molecule has 3 aromatic rings. The molecule has 142 valence electrons. The summed E-state index contributed by atoms with van der Waals surface area (Å²) >= 11 is 0. The predicted octanol–water partition coefficient (Wildman–Crippen LogP) is 3.81. The number of hydrogen-bond donors (Lipinski definition) is 1. The molecule has 2 aromatic carbocycles. The molecule has 5 nitrogen and oxygen atoms in total. The summed E-state index contributed by atoms with van der Waals surface area (Å²) in [5.41, 5.74) is 4.70. The molecule has 27 heavy (non-hydrogen) atoms. The highest BCUT2D eigenvalue weighted by molar-refractivity contribution is 5.94. The molecular weight excluding hydrogens is 340 g/mol. The van der Waals surface area contributed by atoms with Gasteiger partial charge in [0.15, 0.2) is 0 Å². The third-order valence-corrected chi connectivity index (χ3v) is 4.69. The Morgan fingerprint density at radius 2 is 1.81 bits per heavy atom. The first-order valence-electron chi connectivity index (χ1n) is 9.14. The molecule has 5 heteroatoms. The van der Waals surface area contributed by atoms with Crippen LogP contribution in [0.15, 0.2) is 42.5 Å². The minimum Gasteiger partial charge on any atom is -0.508 e. The number of carbonyl (C=O) groups is 1. The molecule has 0 fully saturated rings. The van der Waals surface area contributed by atoms with Crippen molar-refractivity contribution in [3.05, 3.63) is 59.3 Å². The van der Waals surface area contributed by atoms with Crippen molar-refractivity contribution < 1.29 is 14.6 Å². The molecular formula is C22H26N2O3. The first-order chi connectivity index (χ1) is 12.9. The molecule has 0 saturated heterocycles. The second-order valence-corrected chi connectivity index (χ2v) is 6.91. The zero-order valence-corrected chi connectivity index (χ0v) is 16.3. The summed E-state index contributed by atoms with van der Waals surface area (Å²) in [5, 5.41) is 11.5. The van der Waals surface area contributed by atoms with E-state index in [2.05, 4.69) is 4.57 Å². The number of hydrogen-bond acceptors (Lipinski definition) is 4. The van der Waals surface area contributed by atoms with Gasteiger partial charge in [-0.2, -0.15) is 0 Å². The maximum atomic E-state index is 12.2. The minimum atomic E-state index is -0.241. The fraction of sp³-hybridized carbons (Fsp3) is 0.318. The molecule has 0 aliphatic rings. The van der Waals surface area contributed by atoms with Crippen LogP contribution in [0.25, 0.3) is 16.6 Å². The van der Waals surface area contributed by atoms with Crippen molar-refractivity contribution in [2.75, 3.05) is 20.7 Å². The maximum Gasteiger partial charge on any atom is 0.310 e. The first-order valence-corrected chi connectivity index (χ1v) is 9.14. The Balaban J connectivity index is 2.32. The Morgan fingerprint density at radius 3 is 2.44 bits per heavy atom. The van der Waals surface area contributed by atoms with E-state index >= 15 is 0 Å². The normalized spacial score (nSPS) is 11.3. The maximum absolute atomic E-state index is 12.2. The fourth-order valence-electron chi connectivity index (χ4n) is 3.57. The van der Waals surface area contributed by atoms with Crippen molar-refractivity contribution in [2.45, 2.75) is 26.8 Å². The van der Waals surface area contributed by atoms with E-state index in [0.29, 0.717) is 13.2 Å². The van der Waals surface area contributed by atoms with Gasteiger partial charge >= 0.3 is 5.97 Å². The number of phenolic OH excluding ortho intramolecular Hbond substituents is 1. The van der Waals surface area contributed by atoms with E-state index in [0.717, 1.165) is 33.4 Å². The third kappa shape index (κ3) is 3.69. The fourth-order valence-corrected chi connectivity index (χ4v) is 3.57. The zero-order chi connectivity index (χ0) is 19.6. The lowest BCUT2D eigenvalue weighted by atomic mass is 10.0. The van der Waals surface area contributed by atoms with E-state index < -0.39 is 0 Å². The lowest BCUT2D eigenvalue weighted by molar-refractivity contribution is -0.142. The average Bonchev–Trinajstić information content (AvgIpc) is 2.90. The van der Waals surface area contributed by atoms with E-state index in [1.165, 1.54) is 0 Å². The number of aromatic nitrogens is 1. The molecule has 1 aromatic heterocycles. The monoisotopic (exact) mass is 366 g/mol. The van der Waals surface area contributed by atoms with Crippen LogP contribution in [0.3, 0.4) is 0 Å². The highest BCUT2D eigenvalue weighted by Gasteiger charge is 2.22. The second-order valence-electron chi connectivity index (χ2n) is 6.91. The molecule has 0 spiro atoms. The molecule has 0 radical (unpaired) electrons. The van der Waals surface area contributed by atoms with Crippen LogP contribution in [0.5, 0.6) is 5.75 Å². The third-order valence-electron chi connectivity index (χ3n) is 4.69. The van der Waals surface area contributed by atoms with E-state index in [4.69, 9.17) is 4.74 Å². The molecule has 0 atom stereocenters. The van der Waals surface area contributed by atoms with E-state index in [1.54, 1.807) is 6.07 Å². The number of aromatic hydroxyl groups is 1. The largest absolute Gasteiger partial charge is 0.508 e. The van der Waals surface area contributed by atoms with Crippen LogP contribution in [0.1, 0.15) is 23.7 Å². The van der Waals surface area contributed by atoms with E-state index in [1.807, 2.05) is 69.2 Å². The predicted molar refractivity (Wildman–Crippen MR) is 107 cm³/mol. The smallest absolute Gasteiger partial charge is 0.310 e. The number of carbonyl (C=O) groups excluding carboxylic acids is 1. The summed E-state index contributed by atoms with van der Waals surface area (Å²) in [6.07, 6.45) is 0.211. The second kappa shape index (κ2) is 7.84. The summed E-state index contributed by atoms with van der Waals surface area (Å²) in [6, 6.07) is 13.6. The van der Waals surface area contributed by atoms with Gasteiger partial charge in [-0.3, -0.25) is 4.79 Å². The Labute approximate surface area is 159 Å². The van der Waals surface area contributed by atoms with Crippen LogP contribution >= 0.6 is 0 Å². The Bertz CT molecular complexity index is 959. The number of rotatable bonds is 6. The molecule has 0 unspecified atom stereocenters. The van der Waals surface area contributed by atoms with Crippen molar-refractivity contribution in [1.29, 1.82) is 0 Å². The van der Waals surface area contributed by atoms with Gasteiger partial charge in [0.05, 0.1) is 18.5 Å². The van der Waals surface area contributed by atoms with Crippen LogP contribution in [0, 0.1) is 6.92 Å². The number of para-hydroxylation sites is 1. The number of benzene rings is 2. The summed E-state index contributed by atoms with van der Waals surface area (Å²) < 4.78 is 7.30. The summed E-state index contributed by atoms with van der Waals surface area (Å²) in [7, 11) is 3.95. The van der Waals surface area contributed by atoms with Crippen molar-refractivity contribution in [3.63, 3.8) is 0 Å². The number of esters is 1. The Morgan fingerprint density at radius 1 is 1.11 bits per heavy atom. The van der Waals surface area contributed by atoms with Crippen molar-refractivity contribution in [1.82, 2.24) is 9.47 Å². The standard InChI is InChI=1S/C22H26N2O3/c1-5-27-21(26)13-18-15(2)24(16-9-7-6-8-10-16)22-17(18)11-12-20(25)19(22)14-23(3)4/h6-12,25H,5,13-14H2,1-4H3.